The molecule has 0 radical (unpaired) electrons. The summed E-state index contributed by atoms with van der Waals surface area (Å²) in [4.78, 5) is 33.3. The van der Waals surface area contributed by atoms with Gasteiger partial charge in [0, 0.05) is 11.0 Å². The van der Waals surface area contributed by atoms with Gasteiger partial charge in [0.25, 0.3) is 5.56 Å². The van der Waals surface area contributed by atoms with Gasteiger partial charge in [-0.3, -0.25) is 9.36 Å². The lowest BCUT2D eigenvalue weighted by atomic mass is 9.96. The number of hydrogen-bond acceptors (Lipinski definition) is 8. The van der Waals surface area contributed by atoms with Crippen LogP contribution >= 0.6 is 23.1 Å². The Balaban J connectivity index is 1.56. The molecule has 0 bridgehead atoms. The third-order valence-corrected chi connectivity index (χ3v) is 8.12. The van der Waals surface area contributed by atoms with Crippen LogP contribution in [0.3, 0.4) is 0 Å². The van der Waals surface area contributed by atoms with Crippen LogP contribution in [0.25, 0.3) is 6.08 Å². The van der Waals surface area contributed by atoms with Crippen LogP contribution in [0.2, 0.25) is 0 Å². The van der Waals surface area contributed by atoms with Crippen molar-refractivity contribution >= 4 is 35.1 Å². The number of fused-ring (bicyclic) bond motifs is 1. The summed E-state index contributed by atoms with van der Waals surface area (Å²) in [6, 6.07) is 18.7. The highest BCUT2D eigenvalue weighted by atomic mass is 32.2. The van der Waals surface area contributed by atoms with E-state index < -0.39 is 12.0 Å². The van der Waals surface area contributed by atoms with Crippen LogP contribution in [-0.2, 0) is 9.53 Å². The Morgan fingerprint density at radius 1 is 1.10 bits per heavy atom. The molecule has 1 atom stereocenters. The Kier molecular flexibility index (Phi) is 8.14. The molecule has 0 amide bonds. The summed E-state index contributed by atoms with van der Waals surface area (Å²) >= 11 is 2.78. The van der Waals surface area contributed by atoms with Crippen molar-refractivity contribution in [1.29, 1.82) is 0 Å². The smallest absolute Gasteiger partial charge is 0.338 e. The second-order valence-electron chi connectivity index (χ2n) is 9.61. The molecule has 2 aromatic heterocycles. The summed E-state index contributed by atoms with van der Waals surface area (Å²) in [6.45, 7) is 9.87. The molecule has 206 valence electrons. The van der Waals surface area contributed by atoms with E-state index in [9.17, 15) is 9.59 Å². The zero-order valence-electron chi connectivity index (χ0n) is 23.0. The van der Waals surface area contributed by atoms with Gasteiger partial charge >= 0.3 is 5.97 Å². The minimum Gasteiger partial charge on any atom is -0.494 e. The molecule has 40 heavy (non-hydrogen) atoms. The highest BCUT2D eigenvalue weighted by Crippen LogP contribution is 2.32. The van der Waals surface area contributed by atoms with E-state index in [0.717, 1.165) is 15.6 Å². The normalized spacial score (nSPS) is 15.2. The molecular weight excluding hydrogens is 544 g/mol. The maximum atomic E-state index is 13.8. The summed E-state index contributed by atoms with van der Waals surface area (Å²) in [5, 5.41) is 0.727. The quantitative estimate of drug-likeness (QED) is 0.254. The molecule has 2 aromatic carbocycles. The molecule has 3 heterocycles. The largest absolute Gasteiger partial charge is 0.494 e. The summed E-state index contributed by atoms with van der Waals surface area (Å²) in [5.41, 5.74) is 2.56. The fourth-order valence-corrected chi connectivity index (χ4v) is 6.21. The molecule has 0 N–H and O–H groups in total. The third-order valence-electron chi connectivity index (χ3n) is 6.21. The molecule has 0 aliphatic carbocycles. The summed E-state index contributed by atoms with van der Waals surface area (Å²) < 4.78 is 19.2. The van der Waals surface area contributed by atoms with Gasteiger partial charge in [-0.2, -0.15) is 0 Å². The lowest BCUT2D eigenvalue weighted by Gasteiger charge is -2.25. The monoisotopic (exact) mass is 574 g/mol. The highest BCUT2D eigenvalue weighted by Gasteiger charge is 2.33. The van der Waals surface area contributed by atoms with Crippen LogP contribution in [0.4, 0.5) is 0 Å². The van der Waals surface area contributed by atoms with Gasteiger partial charge in [0.2, 0.25) is 0 Å². The van der Waals surface area contributed by atoms with Crippen molar-refractivity contribution in [2.75, 3.05) is 6.61 Å². The van der Waals surface area contributed by atoms with E-state index in [1.54, 1.807) is 31.4 Å². The number of benzene rings is 2. The van der Waals surface area contributed by atoms with Crippen LogP contribution in [0.15, 0.2) is 96.1 Å². The molecule has 0 spiro atoms. The van der Waals surface area contributed by atoms with Gasteiger partial charge in [-0.1, -0.05) is 52.9 Å². The number of ether oxygens (including phenoxy) is 2. The van der Waals surface area contributed by atoms with Gasteiger partial charge in [0.1, 0.15) is 11.5 Å². The number of nitrogens with zero attached hydrogens (tertiary/aromatic N) is 2. The molecule has 0 saturated carbocycles. The average molecular weight is 575 g/mol. The zero-order chi connectivity index (χ0) is 28.4. The van der Waals surface area contributed by atoms with E-state index in [1.807, 2.05) is 62.4 Å². The Hall–Kier alpha value is -3.82. The van der Waals surface area contributed by atoms with Gasteiger partial charge in [-0.05, 0) is 76.6 Å². The van der Waals surface area contributed by atoms with E-state index in [0.29, 0.717) is 38.7 Å². The van der Waals surface area contributed by atoms with Crippen molar-refractivity contribution in [2.24, 2.45) is 4.99 Å². The molecule has 5 rings (SSSR count). The zero-order valence-corrected chi connectivity index (χ0v) is 24.6. The number of furan rings is 1. The van der Waals surface area contributed by atoms with E-state index in [-0.39, 0.29) is 11.7 Å². The first-order chi connectivity index (χ1) is 19.2. The maximum absolute atomic E-state index is 13.8. The Bertz CT molecular complexity index is 1740. The Morgan fingerprint density at radius 3 is 2.50 bits per heavy atom. The molecule has 0 saturated heterocycles. The van der Waals surface area contributed by atoms with Crippen molar-refractivity contribution in [3.8, 4) is 5.75 Å². The molecular formula is C31H30N2O5S2. The number of aromatic nitrogens is 1. The number of allylic oxidation sites excluding steroid dienone is 1. The standard InChI is InChI=1S/C31H30N2O5S2/c1-6-36-22-11-9-21(10-12-22)28-27(30(35)37-18(2)3)20(5)32-31-33(28)29(34)25(40-31)17-23-13-16-26(38-23)39-24-14-7-19(4)8-15-24/h7-18,28H,6H2,1-5H3/b25-17+/t28-/m0/s1. The first kappa shape index (κ1) is 27.7. The molecule has 7 nitrogen and oxygen atoms in total. The lowest BCUT2D eigenvalue weighted by Crippen LogP contribution is -2.40. The van der Waals surface area contributed by atoms with Crippen LogP contribution in [-0.4, -0.2) is 23.2 Å². The van der Waals surface area contributed by atoms with E-state index in [4.69, 9.17) is 13.9 Å². The molecule has 0 fully saturated rings. The molecule has 9 heteroatoms. The summed E-state index contributed by atoms with van der Waals surface area (Å²) in [5.74, 6) is 0.781. The first-order valence-electron chi connectivity index (χ1n) is 13.0. The summed E-state index contributed by atoms with van der Waals surface area (Å²) in [6.07, 6.45) is 1.41. The molecule has 0 unspecified atom stereocenters. The van der Waals surface area contributed by atoms with E-state index in [2.05, 4.69) is 17.1 Å². The molecule has 1 aliphatic heterocycles. The topological polar surface area (TPSA) is 83.0 Å². The number of esters is 1. The third kappa shape index (κ3) is 5.85. The number of rotatable bonds is 8. The van der Waals surface area contributed by atoms with Gasteiger partial charge in [0.05, 0.1) is 34.6 Å². The van der Waals surface area contributed by atoms with Crippen LogP contribution in [0, 0.1) is 6.92 Å². The Labute approximate surface area is 240 Å². The fraction of sp³-hybridized carbons (Fsp3) is 0.258. The highest BCUT2D eigenvalue weighted by molar-refractivity contribution is 7.99. The number of thiazole rings is 1. The van der Waals surface area contributed by atoms with Crippen molar-refractivity contribution in [3.05, 3.63) is 109 Å². The molecule has 4 aromatic rings. The average Bonchev–Trinajstić information content (AvgIpc) is 3.48. The first-order valence-corrected chi connectivity index (χ1v) is 14.7. The van der Waals surface area contributed by atoms with Crippen molar-refractivity contribution in [1.82, 2.24) is 4.57 Å². The summed E-state index contributed by atoms with van der Waals surface area (Å²) in [7, 11) is 0. The van der Waals surface area contributed by atoms with Gasteiger partial charge in [-0.25, -0.2) is 9.79 Å². The van der Waals surface area contributed by atoms with Crippen molar-refractivity contribution in [2.45, 2.75) is 56.8 Å². The second kappa shape index (κ2) is 11.7. The predicted molar refractivity (Wildman–Crippen MR) is 157 cm³/mol. The van der Waals surface area contributed by atoms with Crippen LogP contribution in [0.5, 0.6) is 5.75 Å². The minimum absolute atomic E-state index is 0.255. The fourth-order valence-electron chi connectivity index (χ4n) is 4.41. The van der Waals surface area contributed by atoms with Crippen LogP contribution in [0.1, 0.15) is 50.6 Å². The number of aryl methyl sites for hydroxylation is 1. The predicted octanol–water partition coefficient (Wildman–Crippen LogP) is 5.64. The second-order valence-corrected chi connectivity index (χ2v) is 11.7. The minimum atomic E-state index is -0.690. The number of carbonyl (C=O) groups is 1. The number of hydrogen-bond donors (Lipinski definition) is 0. The van der Waals surface area contributed by atoms with Gasteiger partial charge in [-0.15, -0.1) is 0 Å². The lowest BCUT2D eigenvalue weighted by molar-refractivity contribution is -0.143. The van der Waals surface area contributed by atoms with E-state index in [1.165, 1.54) is 28.7 Å². The van der Waals surface area contributed by atoms with Crippen molar-refractivity contribution < 1.29 is 18.7 Å². The number of carbonyl (C=O) groups excluding carboxylic acids is 1. The molecule has 1 aliphatic rings. The SMILES string of the molecule is CCOc1ccc([C@H]2C(C(=O)OC(C)C)=C(C)N=c3s/c(=C/c4ccc(Sc5ccc(C)cc5)o4)c(=O)n32)cc1. The Morgan fingerprint density at radius 2 is 1.82 bits per heavy atom. The van der Waals surface area contributed by atoms with Gasteiger partial charge < -0.3 is 13.9 Å². The maximum Gasteiger partial charge on any atom is 0.338 e. The van der Waals surface area contributed by atoms with Crippen LogP contribution < -0.4 is 19.6 Å². The van der Waals surface area contributed by atoms with Gasteiger partial charge in [0.15, 0.2) is 9.89 Å². The van der Waals surface area contributed by atoms with Crippen molar-refractivity contribution in [3.63, 3.8) is 0 Å². The van der Waals surface area contributed by atoms with E-state index >= 15 is 0 Å².